The molecule has 1 fully saturated rings. The van der Waals surface area contributed by atoms with Crippen LogP contribution in [-0.2, 0) is 24.4 Å². The first-order valence-corrected chi connectivity index (χ1v) is 11.8. The number of hydrogen-bond acceptors (Lipinski definition) is 7. The minimum absolute atomic E-state index is 0.00298. The number of halogens is 1. The summed E-state index contributed by atoms with van der Waals surface area (Å²) in [6, 6.07) is 9.06. The topological polar surface area (TPSA) is 110 Å². The second kappa shape index (κ2) is 10.0. The zero-order valence-electron chi connectivity index (χ0n) is 19.5. The first-order chi connectivity index (χ1) is 17.4. The summed E-state index contributed by atoms with van der Waals surface area (Å²) in [5.74, 6) is -1.76. The fraction of sp³-hybridized carbons (Fsp3) is 0.360. The molecule has 1 aromatic carbocycles. The van der Waals surface area contributed by atoms with Gasteiger partial charge >= 0.3 is 5.69 Å². The van der Waals surface area contributed by atoms with Crippen molar-refractivity contribution in [1.82, 2.24) is 23.9 Å². The van der Waals surface area contributed by atoms with E-state index in [1.165, 1.54) is 21.6 Å². The fourth-order valence-corrected chi connectivity index (χ4v) is 4.78. The van der Waals surface area contributed by atoms with Gasteiger partial charge < -0.3 is 14.7 Å². The number of carbonyl (C=O) groups is 1. The monoisotopic (exact) mass is 495 g/mol. The van der Waals surface area contributed by atoms with Crippen LogP contribution in [0.1, 0.15) is 27.7 Å². The molecule has 0 aliphatic carbocycles. The zero-order chi connectivity index (χ0) is 25.2. The highest BCUT2D eigenvalue weighted by Gasteiger charge is 2.33. The molecule has 2 aliphatic heterocycles. The summed E-state index contributed by atoms with van der Waals surface area (Å²) < 4.78 is 20.9. The van der Waals surface area contributed by atoms with Crippen LogP contribution in [0.2, 0.25) is 0 Å². The minimum atomic E-state index is -0.907. The number of carbonyl (C=O) groups excluding carboxylic acids is 1. The molecule has 1 amide bonds. The van der Waals surface area contributed by atoms with E-state index >= 15 is 0 Å². The van der Waals surface area contributed by atoms with Crippen molar-refractivity contribution in [1.29, 1.82) is 0 Å². The highest BCUT2D eigenvalue weighted by atomic mass is 19.1. The molecule has 0 saturated carbocycles. The first kappa shape index (κ1) is 23.9. The maximum absolute atomic E-state index is 13.4. The molecule has 2 aliphatic rings. The van der Waals surface area contributed by atoms with E-state index < -0.39 is 22.9 Å². The first-order valence-electron chi connectivity index (χ1n) is 11.8. The normalized spacial score (nSPS) is 17.1. The van der Waals surface area contributed by atoms with Crippen LogP contribution in [0.15, 0.2) is 58.4 Å². The van der Waals surface area contributed by atoms with Gasteiger partial charge in [-0.2, -0.15) is 0 Å². The number of benzene rings is 1. The summed E-state index contributed by atoms with van der Waals surface area (Å²) in [5, 5.41) is 10.8. The van der Waals surface area contributed by atoms with Crippen LogP contribution < -0.4 is 11.2 Å². The lowest BCUT2D eigenvalue weighted by Gasteiger charge is -2.35. The number of aromatic nitrogens is 3. The van der Waals surface area contributed by atoms with Crippen LogP contribution >= 0.6 is 0 Å². The third-order valence-electron chi connectivity index (χ3n) is 6.71. The molecule has 0 radical (unpaired) electrons. The number of pyridine rings is 1. The second-order valence-electron chi connectivity index (χ2n) is 8.85. The maximum Gasteiger partial charge on any atom is 0.331 e. The van der Waals surface area contributed by atoms with Gasteiger partial charge in [0, 0.05) is 45.1 Å². The van der Waals surface area contributed by atoms with Crippen LogP contribution in [0.3, 0.4) is 0 Å². The van der Waals surface area contributed by atoms with Gasteiger partial charge in [0.15, 0.2) is 5.69 Å². The van der Waals surface area contributed by atoms with Crippen LogP contribution in [0.25, 0.3) is 0 Å². The van der Waals surface area contributed by atoms with Crippen LogP contribution in [0.5, 0.6) is 5.75 Å². The number of nitrogens with zero attached hydrogens (tertiary/aromatic N) is 5. The van der Waals surface area contributed by atoms with Gasteiger partial charge in [0.1, 0.15) is 5.82 Å². The largest absolute Gasteiger partial charge is 0.501 e. The van der Waals surface area contributed by atoms with E-state index in [1.54, 1.807) is 24.5 Å². The minimum Gasteiger partial charge on any atom is -0.501 e. The summed E-state index contributed by atoms with van der Waals surface area (Å²) in [6.07, 6.45) is 3.30. The van der Waals surface area contributed by atoms with Crippen LogP contribution in [0.4, 0.5) is 4.39 Å². The van der Waals surface area contributed by atoms with Gasteiger partial charge in [-0.3, -0.25) is 28.6 Å². The van der Waals surface area contributed by atoms with Crippen molar-refractivity contribution in [3.63, 3.8) is 0 Å². The summed E-state index contributed by atoms with van der Waals surface area (Å²) in [6.45, 7) is 2.80. The Balaban J connectivity index is 1.48. The summed E-state index contributed by atoms with van der Waals surface area (Å²) in [7, 11) is 0. The van der Waals surface area contributed by atoms with Crippen molar-refractivity contribution in [2.75, 3.05) is 32.8 Å². The molecule has 188 valence electrons. The van der Waals surface area contributed by atoms with E-state index in [4.69, 9.17) is 4.74 Å². The van der Waals surface area contributed by atoms with Gasteiger partial charge in [-0.25, -0.2) is 9.18 Å². The molecule has 36 heavy (non-hydrogen) atoms. The van der Waals surface area contributed by atoms with Gasteiger partial charge in [-0.05, 0) is 35.4 Å². The van der Waals surface area contributed by atoms with Gasteiger partial charge in [-0.15, -0.1) is 0 Å². The van der Waals surface area contributed by atoms with E-state index in [-0.39, 0.29) is 43.7 Å². The Morgan fingerprint density at radius 1 is 0.972 bits per heavy atom. The lowest BCUT2D eigenvalue weighted by molar-refractivity contribution is 0.0116. The molecule has 1 atom stereocenters. The number of rotatable bonds is 6. The predicted molar refractivity (Wildman–Crippen MR) is 127 cm³/mol. The number of hydrogen-bond donors (Lipinski definition) is 1. The zero-order valence-corrected chi connectivity index (χ0v) is 19.5. The molecule has 11 heteroatoms. The van der Waals surface area contributed by atoms with E-state index in [0.29, 0.717) is 31.9 Å². The van der Waals surface area contributed by atoms with Crippen LogP contribution in [0, 0.1) is 5.82 Å². The van der Waals surface area contributed by atoms with Crippen LogP contribution in [-0.4, -0.2) is 67.8 Å². The number of amides is 1. The lowest BCUT2D eigenvalue weighted by atomic mass is 10.1. The number of ether oxygens (including phenoxy) is 1. The van der Waals surface area contributed by atoms with Crippen molar-refractivity contribution < 1.29 is 19.0 Å². The molecule has 4 heterocycles. The van der Waals surface area contributed by atoms with E-state index in [2.05, 4.69) is 9.88 Å². The van der Waals surface area contributed by atoms with Gasteiger partial charge in [0.2, 0.25) is 5.75 Å². The van der Waals surface area contributed by atoms with Crippen molar-refractivity contribution in [3.8, 4) is 5.75 Å². The third kappa shape index (κ3) is 4.54. The summed E-state index contributed by atoms with van der Waals surface area (Å²) in [4.78, 5) is 47.4. The van der Waals surface area contributed by atoms with Gasteiger partial charge in [0.05, 0.1) is 25.8 Å². The Morgan fingerprint density at radius 3 is 2.36 bits per heavy atom. The molecule has 1 unspecified atom stereocenters. The molecule has 1 N–H and O–H groups in total. The second-order valence-corrected chi connectivity index (χ2v) is 8.85. The van der Waals surface area contributed by atoms with Crippen molar-refractivity contribution >= 4 is 5.91 Å². The average molecular weight is 496 g/mol. The number of aromatic hydroxyl groups is 1. The summed E-state index contributed by atoms with van der Waals surface area (Å²) >= 11 is 0. The Hall–Kier alpha value is -3.83. The summed E-state index contributed by atoms with van der Waals surface area (Å²) in [5.41, 5.74) is -0.298. The van der Waals surface area contributed by atoms with Crippen molar-refractivity contribution in [2.24, 2.45) is 0 Å². The molecule has 2 aromatic heterocycles. The van der Waals surface area contributed by atoms with Gasteiger partial charge in [0.25, 0.3) is 11.5 Å². The Bertz CT molecular complexity index is 1370. The Kier molecular flexibility index (Phi) is 6.66. The predicted octanol–water partition coefficient (Wildman–Crippen LogP) is 0.979. The molecule has 0 bridgehead atoms. The van der Waals surface area contributed by atoms with E-state index in [0.717, 1.165) is 10.1 Å². The highest BCUT2D eigenvalue weighted by Crippen LogP contribution is 2.24. The maximum atomic E-state index is 13.4. The van der Waals surface area contributed by atoms with E-state index in [1.807, 2.05) is 12.1 Å². The fourth-order valence-electron chi connectivity index (χ4n) is 4.78. The van der Waals surface area contributed by atoms with E-state index in [9.17, 15) is 23.9 Å². The molecular formula is C25H26FN5O5. The lowest BCUT2D eigenvalue weighted by Crippen LogP contribution is -2.51. The highest BCUT2D eigenvalue weighted by molar-refractivity contribution is 5.95. The Morgan fingerprint density at radius 2 is 1.67 bits per heavy atom. The van der Waals surface area contributed by atoms with Crippen molar-refractivity contribution in [3.05, 3.63) is 92.3 Å². The molecule has 3 aromatic rings. The molecule has 5 rings (SSSR count). The number of fused-ring (bicyclic) bond motifs is 1. The average Bonchev–Trinajstić information content (AvgIpc) is 2.91. The quantitative estimate of drug-likeness (QED) is 0.543. The molecular weight excluding hydrogens is 469 g/mol. The molecule has 0 spiro atoms. The molecule has 1 saturated heterocycles. The third-order valence-corrected chi connectivity index (χ3v) is 6.71. The standard InChI is InChI=1S/C25H26FN5O5/c26-19-3-1-17(2-4-19)15-29-9-10-30-21(23(29)33)22(32)24(34)31(25(30)35)16-20(18-5-7-27-8-6-18)28-11-13-36-14-12-28/h1-8,20,32H,9-16H2. The molecule has 10 nitrogen and oxygen atoms in total. The smallest absolute Gasteiger partial charge is 0.331 e. The number of morpholine rings is 1. The van der Waals surface area contributed by atoms with Crippen molar-refractivity contribution in [2.45, 2.75) is 25.7 Å². The Labute approximate surface area is 205 Å². The SMILES string of the molecule is O=C1c2c(O)c(=O)n(CC(c3ccncc3)N3CCOCC3)c(=O)n2CCN1Cc1ccc(F)cc1. The van der Waals surface area contributed by atoms with Gasteiger partial charge in [-0.1, -0.05) is 12.1 Å².